The molecule has 0 saturated heterocycles. The summed E-state index contributed by atoms with van der Waals surface area (Å²) in [5.41, 5.74) is 0. The molecule has 2 aromatic rings. The minimum absolute atomic E-state index is 0.485. The van der Waals surface area contributed by atoms with E-state index >= 15 is 0 Å². The zero-order valence-electron chi connectivity index (χ0n) is 8.46. The third-order valence-corrected chi connectivity index (χ3v) is 3.79. The van der Waals surface area contributed by atoms with Gasteiger partial charge in [-0.15, -0.1) is 0 Å². The van der Waals surface area contributed by atoms with Crippen LogP contribution in [0, 0.1) is 0 Å². The van der Waals surface area contributed by atoms with Crippen LogP contribution in [0.25, 0.3) is 0 Å². The third-order valence-electron chi connectivity index (χ3n) is 1.72. The van der Waals surface area contributed by atoms with Crippen LogP contribution in [0.2, 0.25) is 0 Å². The maximum atomic E-state index is 10.9. The van der Waals surface area contributed by atoms with Gasteiger partial charge in [0.15, 0.2) is 0 Å². The highest BCUT2D eigenvalue weighted by Gasteiger charge is 2.15. The lowest BCUT2D eigenvalue weighted by atomic mass is 10.4. The van der Waals surface area contributed by atoms with Crippen molar-refractivity contribution in [3.8, 4) is 0 Å². The van der Waals surface area contributed by atoms with Crippen molar-refractivity contribution in [2.45, 2.75) is 0 Å². The molecule has 0 aliphatic carbocycles. The first-order valence-electron chi connectivity index (χ1n) is 4.65. The van der Waals surface area contributed by atoms with E-state index in [0.717, 1.165) is 0 Å². The van der Waals surface area contributed by atoms with E-state index in [4.69, 9.17) is 22.5 Å². The Kier molecular flexibility index (Phi) is 5.62. The van der Waals surface area contributed by atoms with E-state index in [1.54, 1.807) is 24.3 Å². The SMILES string of the molecule is O=P(Cl)(Cl)c1ccccc1.c1ccccc1. The van der Waals surface area contributed by atoms with E-state index in [2.05, 4.69) is 0 Å². The number of hydrogen-bond acceptors (Lipinski definition) is 1. The Labute approximate surface area is 105 Å². The second kappa shape index (κ2) is 6.75. The highest BCUT2D eigenvalue weighted by Crippen LogP contribution is 2.54. The molecule has 0 aliphatic heterocycles. The summed E-state index contributed by atoms with van der Waals surface area (Å²) >= 11 is 10.8. The summed E-state index contributed by atoms with van der Waals surface area (Å²) in [6.07, 6.45) is 0. The second-order valence-electron chi connectivity index (χ2n) is 2.95. The molecule has 0 aliphatic rings. The smallest absolute Gasteiger partial charge is 0.281 e. The predicted molar refractivity (Wildman–Crippen MR) is 71.8 cm³/mol. The normalized spacial score (nSPS) is 10.1. The fourth-order valence-corrected chi connectivity index (χ4v) is 2.18. The lowest BCUT2D eigenvalue weighted by Gasteiger charge is -1.98. The first kappa shape index (κ1) is 13.3. The maximum absolute atomic E-state index is 10.9. The molecule has 0 bridgehead atoms. The minimum Gasteiger partial charge on any atom is -0.284 e. The van der Waals surface area contributed by atoms with Crippen molar-refractivity contribution >= 4 is 33.6 Å². The van der Waals surface area contributed by atoms with E-state index in [9.17, 15) is 4.57 Å². The van der Waals surface area contributed by atoms with Gasteiger partial charge in [0.2, 0.25) is 0 Å². The van der Waals surface area contributed by atoms with Gasteiger partial charge < -0.3 is 0 Å². The molecule has 0 amide bonds. The Morgan fingerprint density at radius 3 is 1.25 bits per heavy atom. The van der Waals surface area contributed by atoms with Crippen molar-refractivity contribution in [3.63, 3.8) is 0 Å². The van der Waals surface area contributed by atoms with Crippen molar-refractivity contribution in [2.24, 2.45) is 0 Å². The van der Waals surface area contributed by atoms with Crippen LogP contribution in [0.5, 0.6) is 0 Å². The molecule has 0 heterocycles. The summed E-state index contributed by atoms with van der Waals surface area (Å²) in [5.74, 6) is -3.07. The highest BCUT2D eigenvalue weighted by atomic mass is 35.9. The van der Waals surface area contributed by atoms with Crippen LogP contribution in [0.1, 0.15) is 0 Å². The zero-order valence-corrected chi connectivity index (χ0v) is 10.9. The molecule has 0 radical (unpaired) electrons. The fourth-order valence-electron chi connectivity index (χ4n) is 0.986. The van der Waals surface area contributed by atoms with Crippen LogP contribution in [0.3, 0.4) is 0 Å². The van der Waals surface area contributed by atoms with Gasteiger partial charge in [0.1, 0.15) is 0 Å². The van der Waals surface area contributed by atoms with Crippen LogP contribution in [-0.2, 0) is 4.57 Å². The number of halogens is 2. The molecular formula is C12H11Cl2OP. The molecule has 2 rings (SSSR count). The summed E-state index contributed by atoms with van der Waals surface area (Å²) in [6.45, 7) is 0. The van der Waals surface area contributed by atoms with Crippen molar-refractivity contribution < 1.29 is 4.57 Å². The summed E-state index contributed by atoms with van der Waals surface area (Å²) in [7, 11) is 0. The largest absolute Gasteiger partial charge is 0.284 e. The molecular weight excluding hydrogens is 262 g/mol. The highest BCUT2D eigenvalue weighted by molar-refractivity contribution is 8.13. The molecule has 0 spiro atoms. The molecule has 16 heavy (non-hydrogen) atoms. The molecule has 84 valence electrons. The fraction of sp³-hybridized carbons (Fsp3) is 0. The predicted octanol–water partition coefficient (Wildman–Crippen LogP) is 4.67. The Hall–Kier alpha value is -0.750. The van der Waals surface area contributed by atoms with Crippen LogP contribution in [-0.4, -0.2) is 0 Å². The van der Waals surface area contributed by atoms with Crippen molar-refractivity contribution in [1.82, 2.24) is 0 Å². The molecule has 4 heteroatoms. The van der Waals surface area contributed by atoms with Crippen LogP contribution in [0.4, 0.5) is 0 Å². The quantitative estimate of drug-likeness (QED) is 0.690. The maximum Gasteiger partial charge on any atom is 0.281 e. The minimum atomic E-state index is -3.07. The van der Waals surface area contributed by atoms with E-state index < -0.39 is 5.85 Å². The van der Waals surface area contributed by atoms with Gasteiger partial charge in [-0.3, -0.25) is 4.57 Å². The van der Waals surface area contributed by atoms with E-state index in [0.29, 0.717) is 5.30 Å². The standard InChI is InChI=1S/C6H5Cl2OP.C6H6/c7-10(8,9)6-4-2-1-3-5-6;1-2-4-6-5-3-1/h1-5H;1-6H. The average Bonchev–Trinajstić information content (AvgIpc) is 2.32. The lowest BCUT2D eigenvalue weighted by Crippen LogP contribution is -1.93. The van der Waals surface area contributed by atoms with Crippen molar-refractivity contribution in [2.75, 3.05) is 0 Å². The Balaban J connectivity index is 0.000000181. The van der Waals surface area contributed by atoms with Crippen LogP contribution >= 0.6 is 28.3 Å². The summed E-state index contributed by atoms with van der Waals surface area (Å²) in [6, 6.07) is 20.6. The summed E-state index contributed by atoms with van der Waals surface area (Å²) in [4.78, 5) is 0. The topological polar surface area (TPSA) is 17.1 Å². The molecule has 0 N–H and O–H groups in total. The van der Waals surface area contributed by atoms with Gasteiger partial charge in [-0.25, -0.2) is 0 Å². The Morgan fingerprint density at radius 2 is 1.00 bits per heavy atom. The third kappa shape index (κ3) is 5.37. The molecule has 0 unspecified atom stereocenters. The molecule has 0 fully saturated rings. The van der Waals surface area contributed by atoms with Gasteiger partial charge in [-0.1, -0.05) is 54.6 Å². The second-order valence-corrected chi connectivity index (χ2v) is 7.77. The molecule has 0 atom stereocenters. The van der Waals surface area contributed by atoms with Crippen LogP contribution in [0.15, 0.2) is 66.7 Å². The molecule has 0 saturated carbocycles. The van der Waals surface area contributed by atoms with Gasteiger partial charge in [-0.2, -0.15) is 0 Å². The summed E-state index contributed by atoms with van der Waals surface area (Å²) in [5, 5.41) is 0.485. The lowest BCUT2D eigenvalue weighted by molar-refractivity contribution is 0.597. The first-order valence-corrected chi connectivity index (χ1v) is 8.17. The van der Waals surface area contributed by atoms with Crippen molar-refractivity contribution in [3.05, 3.63) is 66.7 Å². The monoisotopic (exact) mass is 272 g/mol. The van der Waals surface area contributed by atoms with E-state index in [1.807, 2.05) is 42.5 Å². The van der Waals surface area contributed by atoms with E-state index in [-0.39, 0.29) is 0 Å². The number of benzene rings is 2. The van der Waals surface area contributed by atoms with Gasteiger partial charge in [0.25, 0.3) is 5.85 Å². The molecule has 0 aromatic heterocycles. The van der Waals surface area contributed by atoms with Gasteiger partial charge in [0.05, 0.1) is 0 Å². The van der Waals surface area contributed by atoms with Gasteiger partial charge in [0, 0.05) is 5.30 Å². The number of rotatable bonds is 1. The summed E-state index contributed by atoms with van der Waals surface area (Å²) < 4.78 is 10.9. The Bertz CT molecular complexity index is 412. The Morgan fingerprint density at radius 1 is 0.688 bits per heavy atom. The molecule has 2 aromatic carbocycles. The average molecular weight is 273 g/mol. The van der Waals surface area contributed by atoms with Gasteiger partial charge >= 0.3 is 0 Å². The zero-order chi connectivity index (χ0) is 11.9. The first-order chi connectivity index (χ1) is 7.61. The van der Waals surface area contributed by atoms with E-state index in [1.165, 1.54) is 0 Å². The van der Waals surface area contributed by atoms with Crippen LogP contribution < -0.4 is 5.30 Å². The number of hydrogen-bond donors (Lipinski definition) is 0. The van der Waals surface area contributed by atoms with Gasteiger partial charge in [-0.05, 0) is 34.6 Å². The van der Waals surface area contributed by atoms with Crippen molar-refractivity contribution in [1.29, 1.82) is 0 Å². The molecule has 1 nitrogen and oxygen atoms in total.